The fourth-order valence-electron chi connectivity index (χ4n) is 4.28. The first-order valence-electron chi connectivity index (χ1n) is 11.9. The van der Waals surface area contributed by atoms with E-state index in [0.29, 0.717) is 46.6 Å². The molecule has 0 saturated carbocycles. The summed E-state index contributed by atoms with van der Waals surface area (Å²) in [5.41, 5.74) is 3.50. The first-order valence-corrected chi connectivity index (χ1v) is 13.1. The number of ketones is 1. The molecular weight excluding hydrogens is 529 g/mol. The zero-order valence-electron chi connectivity index (χ0n) is 20.4. The summed E-state index contributed by atoms with van der Waals surface area (Å²) in [6, 6.07) is 19.8. The number of benzene rings is 3. The van der Waals surface area contributed by atoms with Crippen LogP contribution in [0.1, 0.15) is 31.8 Å². The van der Waals surface area contributed by atoms with E-state index in [1.165, 1.54) is 11.3 Å². The molecule has 1 aromatic heterocycles. The van der Waals surface area contributed by atoms with E-state index in [2.05, 4.69) is 4.90 Å². The molecule has 1 saturated heterocycles. The molecule has 37 heavy (non-hydrogen) atoms. The highest BCUT2D eigenvalue weighted by molar-refractivity contribution is 7.22. The van der Waals surface area contributed by atoms with Gasteiger partial charge >= 0.3 is 0 Å². The summed E-state index contributed by atoms with van der Waals surface area (Å²) in [6.45, 7) is 6.26. The molecule has 0 aliphatic carbocycles. The number of carbonyl (C=O) groups excluding carboxylic acids is 2. The molecule has 0 bridgehead atoms. The predicted molar refractivity (Wildman–Crippen MR) is 152 cm³/mol. The minimum absolute atomic E-state index is 0. The number of hydrogen-bond acceptors (Lipinski definition) is 6. The molecule has 6 nitrogen and oxygen atoms in total. The number of ether oxygens (including phenoxy) is 1. The maximum Gasteiger partial charge on any atom is 0.260 e. The Morgan fingerprint density at radius 3 is 2.35 bits per heavy atom. The molecule has 1 amide bonds. The Labute approximate surface area is 231 Å². The van der Waals surface area contributed by atoms with Crippen molar-refractivity contribution in [1.29, 1.82) is 0 Å². The van der Waals surface area contributed by atoms with Gasteiger partial charge in [0.1, 0.15) is 0 Å². The van der Waals surface area contributed by atoms with Gasteiger partial charge in [-0.3, -0.25) is 19.4 Å². The summed E-state index contributed by atoms with van der Waals surface area (Å²) in [6.07, 6.45) is 0. The maximum atomic E-state index is 13.7. The molecule has 0 atom stereocenters. The topological polar surface area (TPSA) is 62.7 Å². The average molecular weight is 557 g/mol. The van der Waals surface area contributed by atoms with E-state index < -0.39 is 0 Å². The lowest BCUT2D eigenvalue weighted by molar-refractivity contribution is 0.0391. The number of aryl methyl sites for hydroxylation is 1. The molecular formula is C28H27Cl2N3O3S. The van der Waals surface area contributed by atoms with Crippen LogP contribution in [0.3, 0.4) is 0 Å². The maximum absolute atomic E-state index is 13.7. The number of rotatable bonds is 7. The van der Waals surface area contributed by atoms with Crippen molar-refractivity contribution in [2.75, 3.05) is 44.3 Å². The summed E-state index contributed by atoms with van der Waals surface area (Å²) in [7, 11) is 0. The van der Waals surface area contributed by atoms with Crippen LogP contribution in [-0.2, 0) is 4.74 Å². The van der Waals surface area contributed by atoms with Crippen LogP contribution in [0, 0.1) is 6.92 Å². The normalized spacial score (nSPS) is 13.8. The van der Waals surface area contributed by atoms with E-state index in [4.69, 9.17) is 21.3 Å². The van der Waals surface area contributed by atoms with E-state index in [1.807, 2.05) is 37.3 Å². The van der Waals surface area contributed by atoms with Gasteiger partial charge in [0.2, 0.25) is 0 Å². The molecule has 9 heteroatoms. The highest BCUT2D eigenvalue weighted by Crippen LogP contribution is 2.33. The van der Waals surface area contributed by atoms with E-state index in [0.717, 1.165) is 35.4 Å². The Morgan fingerprint density at radius 2 is 1.65 bits per heavy atom. The highest BCUT2D eigenvalue weighted by Gasteiger charge is 2.24. The van der Waals surface area contributed by atoms with Gasteiger partial charge in [-0.15, -0.1) is 12.4 Å². The Bertz CT molecular complexity index is 1390. The third-order valence-corrected chi connectivity index (χ3v) is 7.53. The smallest absolute Gasteiger partial charge is 0.260 e. The third-order valence-electron chi connectivity index (χ3n) is 6.29. The fraction of sp³-hybridized carbons (Fsp3) is 0.250. The standard InChI is InChI=1S/C28H26ClN3O3S.ClH/c1-19-17-23(29)18-24-25(19)30-28(36-24)32(12-11-31-13-15-35-16-14-31)27(34)22-9-7-21(8-10-22)26(33)20-5-3-2-4-6-20;/h2-10,17-18H,11-16H2,1H3;1H. The van der Waals surface area contributed by atoms with Crippen LogP contribution in [0.5, 0.6) is 0 Å². The summed E-state index contributed by atoms with van der Waals surface area (Å²) in [5, 5.41) is 1.29. The predicted octanol–water partition coefficient (Wildman–Crippen LogP) is 5.89. The molecule has 0 radical (unpaired) electrons. The van der Waals surface area contributed by atoms with Crippen molar-refractivity contribution in [3.63, 3.8) is 0 Å². The van der Waals surface area contributed by atoms with E-state index in [1.54, 1.807) is 41.3 Å². The lowest BCUT2D eigenvalue weighted by Crippen LogP contribution is -2.43. The number of amides is 1. The van der Waals surface area contributed by atoms with E-state index >= 15 is 0 Å². The number of hydrogen-bond donors (Lipinski definition) is 0. The number of morpholine rings is 1. The minimum atomic E-state index is -0.148. The van der Waals surface area contributed by atoms with Crippen molar-refractivity contribution in [3.8, 4) is 0 Å². The second kappa shape index (κ2) is 12.2. The van der Waals surface area contributed by atoms with Gasteiger partial charge in [0.25, 0.3) is 5.91 Å². The molecule has 0 N–H and O–H groups in total. The van der Waals surface area contributed by atoms with Gasteiger partial charge in [-0.25, -0.2) is 4.98 Å². The van der Waals surface area contributed by atoms with Gasteiger partial charge < -0.3 is 4.74 Å². The summed E-state index contributed by atoms with van der Waals surface area (Å²) < 4.78 is 6.41. The molecule has 3 aromatic carbocycles. The average Bonchev–Trinajstić information content (AvgIpc) is 3.33. The monoisotopic (exact) mass is 555 g/mol. The summed E-state index contributed by atoms with van der Waals surface area (Å²) >= 11 is 7.73. The van der Waals surface area contributed by atoms with Gasteiger partial charge in [0.05, 0.1) is 23.4 Å². The zero-order chi connectivity index (χ0) is 25.1. The number of fused-ring (bicyclic) bond motifs is 1. The minimum Gasteiger partial charge on any atom is -0.379 e. The first-order chi connectivity index (χ1) is 17.5. The first kappa shape index (κ1) is 27.2. The van der Waals surface area contributed by atoms with Gasteiger partial charge in [-0.1, -0.05) is 65.4 Å². The summed E-state index contributed by atoms with van der Waals surface area (Å²) in [5.74, 6) is -0.220. The SMILES string of the molecule is Cc1cc(Cl)cc2sc(N(CCN3CCOCC3)C(=O)c3ccc(C(=O)c4ccccc4)cc3)nc12.Cl. The lowest BCUT2D eigenvalue weighted by atomic mass is 10.0. The Morgan fingerprint density at radius 1 is 1.00 bits per heavy atom. The molecule has 0 spiro atoms. The Balaban J connectivity index is 0.00000320. The van der Waals surface area contributed by atoms with E-state index in [-0.39, 0.29) is 24.1 Å². The molecule has 0 unspecified atom stereocenters. The van der Waals surface area contributed by atoms with Crippen molar-refractivity contribution >= 4 is 62.4 Å². The molecule has 1 fully saturated rings. The quantitative estimate of drug-likeness (QED) is 0.266. The number of carbonyl (C=O) groups is 2. The van der Waals surface area contributed by atoms with Crippen molar-refractivity contribution in [2.24, 2.45) is 0 Å². The van der Waals surface area contributed by atoms with Gasteiger partial charge in [-0.05, 0) is 36.8 Å². The number of thiazole rings is 1. The molecule has 1 aliphatic heterocycles. The number of anilines is 1. The van der Waals surface area contributed by atoms with E-state index in [9.17, 15) is 9.59 Å². The van der Waals surface area contributed by atoms with Crippen LogP contribution in [0.15, 0.2) is 66.7 Å². The second-order valence-corrected chi connectivity index (χ2v) is 10.2. The van der Waals surface area contributed by atoms with Crippen LogP contribution < -0.4 is 4.90 Å². The Kier molecular flexibility index (Phi) is 8.95. The van der Waals surface area contributed by atoms with Gasteiger partial charge in [0, 0.05) is 47.9 Å². The molecule has 1 aliphatic rings. The molecule has 192 valence electrons. The van der Waals surface area contributed by atoms with Crippen molar-refractivity contribution in [3.05, 3.63) is 94.0 Å². The summed E-state index contributed by atoms with van der Waals surface area (Å²) in [4.78, 5) is 35.4. The number of aromatic nitrogens is 1. The molecule has 4 aromatic rings. The zero-order valence-corrected chi connectivity index (χ0v) is 22.7. The van der Waals surface area contributed by atoms with Crippen LogP contribution in [0.4, 0.5) is 5.13 Å². The van der Waals surface area contributed by atoms with Crippen LogP contribution in [0.25, 0.3) is 10.2 Å². The largest absolute Gasteiger partial charge is 0.379 e. The molecule has 2 heterocycles. The van der Waals surface area contributed by atoms with Crippen LogP contribution >= 0.6 is 35.3 Å². The second-order valence-electron chi connectivity index (χ2n) is 8.75. The Hall–Kier alpha value is -2.81. The van der Waals surface area contributed by atoms with Gasteiger partial charge in [-0.2, -0.15) is 0 Å². The van der Waals surface area contributed by atoms with Crippen LogP contribution in [0.2, 0.25) is 5.02 Å². The van der Waals surface area contributed by atoms with Crippen LogP contribution in [-0.4, -0.2) is 61.0 Å². The number of nitrogens with zero attached hydrogens (tertiary/aromatic N) is 3. The van der Waals surface area contributed by atoms with Crippen molar-refractivity contribution < 1.29 is 14.3 Å². The lowest BCUT2D eigenvalue weighted by Gasteiger charge is -2.29. The van der Waals surface area contributed by atoms with Crippen molar-refractivity contribution in [1.82, 2.24) is 9.88 Å². The van der Waals surface area contributed by atoms with Crippen molar-refractivity contribution in [2.45, 2.75) is 6.92 Å². The highest BCUT2D eigenvalue weighted by atomic mass is 35.5. The third kappa shape index (κ3) is 6.20. The number of halogens is 2. The molecule has 5 rings (SSSR count). The van der Waals surface area contributed by atoms with Gasteiger partial charge in [0.15, 0.2) is 10.9 Å². The fourth-order valence-corrected chi connectivity index (χ4v) is 5.73.